The smallest absolute Gasteiger partial charge is 0.353 e. The SMILES string of the molecule is Cc1cc(-c2cc(C(=O)N3CC[C@@H](C(=O)N[C@H]4CC[C@@H](C(F)(F)F)CC4)CC34CC4)n[nH]2)ncn1. The highest BCUT2D eigenvalue weighted by atomic mass is 19.4. The van der Waals surface area contributed by atoms with E-state index in [0.29, 0.717) is 49.3 Å². The van der Waals surface area contributed by atoms with Gasteiger partial charge in [-0.25, -0.2) is 9.97 Å². The normalized spacial score (nSPS) is 25.9. The summed E-state index contributed by atoms with van der Waals surface area (Å²) < 4.78 is 38.7. The van der Waals surface area contributed by atoms with Crippen LogP contribution in [0.3, 0.4) is 0 Å². The summed E-state index contributed by atoms with van der Waals surface area (Å²) in [6, 6.07) is 3.30. The third kappa shape index (κ3) is 4.90. The van der Waals surface area contributed by atoms with Gasteiger partial charge in [0.15, 0.2) is 5.69 Å². The number of aromatic nitrogens is 4. The van der Waals surface area contributed by atoms with E-state index >= 15 is 0 Å². The second kappa shape index (κ2) is 8.91. The van der Waals surface area contributed by atoms with Gasteiger partial charge in [-0.1, -0.05) is 0 Å². The number of aromatic amines is 1. The summed E-state index contributed by atoms with van der Waals surface area (Å²) in [5.41, 5.74) is 2.08. The molecule has 3 aliphatic rings. The number of likely N-dealkylation sites (tertiary alicyclic amines) is 1. The Bertz CT molecular complexity index is 1100. The third-order valence-corrected chi connectivity index (χ3v) is 7.76. The Balaban J connectivity index is 1.19. The predicted octanol–water partition coefficient (Wildman–Crippen LogP) is 3.80. The summed E-state index contributed by atoms with van der Waals surface area (Å²) in [7, 11) is 0. The standard InChI is InChI=1S/C24H29F3N6O2/c1-14-10-18(29-13-28-14)19-11-20(32-31-19)22(35)33-9-6-15(12-23(33)7-8-23)21(34)30-17-4-2-16(3-5-17)24(25,26)27/h10-11,13,15-17H,2-9,12H2,1H3,(H,30,34)(H,31,32)/t15-,16-,17+/m1/s1. The minimum Gasteiger partial charge on any atom is -0.353 e. The van der Waals surface area contributed by atoms with Gasteiger partial charge in [0.2, 0.25) is 5.91 Å². The number of alkyl halides is 3. The number of H-pyrrole nitrogens is 1. The number of nitrogens with zero attached hydrogens (tertiary/aromatic N) is 4. The number of carbonyl (C=O) groups is 2. The molecule has 8 nitrogen and oxygen atoms in total. The molecule has 3 fully saturated rings. The highest BCUT2D eigenvalue weighted by Crippen LogP contribution is 2.50. The number of nitrogens with one attached hydrogen (secondary N) is 2. The summed E-state index contributed by atoms with van der Waals surface area (Å²) in [5, 5.41) is 10.1. The predicted molar refractivity (Wildman–Crippen MR) is 120 cm³/mol. The molecule has 0 bridgehead atoms. The molecule has 2 aliphatic carbocycles. The summed E-state index contributed by atoms with van der Waals surface area (Å²) in [4.78, 5) is 36.4. The fourth-order valence-corrected chi connectivity index (χ4v) is 5.54. The Morgan fingerprint density at radius 3 is 2.51 bits per heavy atom. The minimum absolute atomic E-state index is 0.0611. The van der Waals surface area contributed by atoms with Crippen LogP contribution in [0.1, 0.15) is 67.5 Å². The van der Waals surface area contributed by atoms with E-state index in [4.69, 9.17) is 0 Å². The lowest BCUT2D eigenvalue weighted by atomic mass is 9.84. The van der Waals surface area contributed by atoms with E-state index in [-0.39, 0.29) is 42.2 Å². The van der Waals surface area contributed by atoms with Crippen LogP contribution in [0.4, 0.5) is 13.2 Å². The quantitative estimate of drug-likeness (QED) is 0.679. The zero-order valence-corrected chi connectivity index (χ0v) is 19.6. The first-order chi connectivity index (χ1) is 16.6. The Kier molecular flexibility index (Phi) is 6.04. The maximum absolute atomic E-state index is 13.3. The molecule has 188 valence electrons. The molecule has 2 N–H and O–H groups in total. The number of rotatable bonds is 4. The van der Waals surface area contributed by atoms with Crippen LogP contribution in [0, 0.1) is 18.8 Å². The van der Waals surface area contributed by atoms with Gasteiger partial charge in [0.05, 0.1) is 17.3 Å². The van der Waals surface area contributed by atoms with Crippen molar-refractivity contribution in [3.8, 4) is 11.4 Å². The van der Waals surface area contributed by atoms with Crippen molar-refractivity contribution in [1.29, 1.82) is 0 Å². The molecule has 11 heteroatoms. The zero-order chi connectivity index (χ0) is 24.8. The topological polar surface area (TPSA) is 104 Å². The number of carbonyl (C=O) groups excluding carboxylic acids is 2. The summed E-state index contributed by atoms with van der Waals surface area (Å²) in [6.45, 7) is 2.31. The van der Waals surface area contributed by atoms with Gasteiger partial charge < -0.3 is 10.2 Å². The van der Waals surface area contributed by atoms with Gasteiger partial charge in [0.25, 0.3) is 5.91 Å². The first-order valence-electron chi connectivity index (χ1n) is 12.2. The fourth-order valence-electron chi connectivity index (χ4n) is 5.54. The first kappa shape index (κ1) is 23.7. The van der Waals surface area contributed by atoms with E-state index in [1.54, 1.807) is 6.07 Å². The maximum atomic E-state index is 13.3. The number of halogens is 3. The van der Waals surface area contributed by atoms with E-state index in [0.717, 1.165) is 18.5 Å². The molecule has 1 spiro atoms. The summed E-state index contributed by atoms with van der Waals surface area (Å²) >= 11 is 0. The number of hydrogen-bond donors (Lipinski definition) is 2. The Morgan fingerprint density at radius 1 is 1.11 bits per heavy atom. The van der Waals surface area contributed by atoms with E-state index in [1.807, 2.05) is 17.9 Å². The van der Waals surface area contributed by atoms with Crippen molar-refractivity contribution in [2.45, 2.75) is 76.0 Å². The molecule has 0 unspecified atom stereocenters. The van der Waals surface area contributed by atoms with Gasteiger partial charge in [-0.3, -0.25) is 14.7 Å². The maximum Gasteiger partial charge on any atom is 0.391 e. The molecule has 1 aliphatic heterocycles. The molecular weight excluding hydrogens is 461 g/mol. The van der Waals surface area contributed by atoms with Crippen LogP contribution in [0.5, 0.6) is 0 Å². The number of piperidine rings is 1. The summed E-state index contributed by atoms with van der Waals surface area (Å²) in [6.07, 6.45) is 0.905. The third-order valence-electron chi connectivity index (χ3n) is 7.76. The molecular formula is C24H29F3N6O2. The first-order valence-corrected chi connectivity index (χ1v) is 12.2. The zero-order valence-electron chi connectivity index (χ0n) is 19.6. The lowest BCUT2D eigenvalue weighted by molar-refractivity contribution is -0.182. The van der Waals surface area contributed by atoms with Gasteiger partial charge in [0.1, 0.15) is 6.33 Å². The average molecular weight is 491 g/mol. The van der Waals surface area contributed by atoms with Crippen molar-refractivity contribution in [1.82, 2.24) is 30.4 Å². The molecule has 2 aromatic rings. The number of amides is 2. The molecule has 35 heavy (non-hydrogen) atoms. The largest absolute Gasteiger partial charge is 0.391 e. The van der Waals surface area contributed by atoms with Crippen LogP contribution in [0.25, 0.3) is 11.4 Å². The van der Waals surface area contributed by atoms with Crippen molar-refractivity contribution >= 4 is 11.8 Å². The number of aryl methyl sites for hydroxylation is 1. The van der Waals surface area contributed by atoms with Gasteiger partial charge >= 0.3 is 6.18 Å². The Labute approximate surface area is 201 Å². The minimum atomic E-state index is -4.16. The van der Waals surface area contributed by atoms with Gasteiger partial charge in [-0.2, -0.15) is 18.3 Å². The van der Waals surface area contributed by atoms with Gasteiger partial charge in [-0.05, 0) is 70.4 Å². The number of hydrogen-bond acceptors (Lipinski definition) is 5. The Morgan fingerprint density at radius 2 is 1.86 bits per heavy atom. The molecule has 2 saturated carbocycles. The van der Waals surface area contributed by atoms with Gasteiger partial charge in [-0.15, -0.1) is 0 Å². The van der Waals surface area contributed by atoms with Crippen LogP contribution in [0.2, 0.25) is 0 Å². The van der Waals surface area contributed by atoms with Crippen molar-refractivity contribution in [3.63, 3.8) is 0 Å². The lowest BCUT2D eigenvalue weighted by Crippen LogP contribution is -2.52. The Hall–Kier alpha value is -2.98. The highest BCUT2D eigenvalue weighted by molar-refractivity contribution is 5.94. The molecule has 1 atom stereocenters. The summed E-state index contributed by atoms with van der Waals surface area (Å²) in [5.74, 6) is -1.76. The van der Waals surface area contributed by atoms with E-state index in [9.17, 15) is 22.8 Å². The van der Waals surface area contributed by atoms with Crippen LogP contribution in [0.15, 0.2) is 18.5 Å². The van der Waals surface area contributed by atoms with Gasteiger partial charge in [0, 0.05) is 29.7 Å². The van der Waals surface area contributed by atoms with E-state index in [2.05, 4.69) is 25.5 Å². The molecule has 0 radical (unpaired) electrons. The average Bonchev–Trinajstić information content (AvgIpc) is 3.39. The second-order valence-corrected chi connectivity index (χ2v) is 10.2. The lowest BCUT2D eigenvalue weighted by Gasteiger charge is -2.40. The second-order valence-electron chi connectivity index (χ2n) is 10.2. The van der Waals surface area contributed by atoms with Crippen LogP contribution in [-0.2, 0) is 4.79 Å². The van der Waals surface area contributed by atoms with E-state index < -0.39 is 12.1 Å². The van der Waals surface area contributed by atoms with Crippen LogP contribution in [-0.4, -0.2) is 61.2 Å². The van der Waals surface area contributed by atoms with Crippen LogP contribution < -0.4 is 5.32 Å². The van der Waals surface area contributed by atoms with Crippen molar-refractivity contribution in [2.75, 3.05) is 6.54 Å². The molecule has 2 aromatic heterocycles. The van der Waals surface area contributed by atoms with E-state index in [1.165, 1.54) is 6.33 Å². The van der Waals surface area contributed by atoms with Crippen molar-refractivity contribution < 1.29 is 22.8 Å². The molecule has 1 saturated heterocycles. The van der Waals surface area contributed by atoms with Crippen LogP contribution >= 0.6 is 0 Å². The molecule has 2 amide bonds. The van der Waals surface area contributed by atoms with Crippen molar-refractivity contribution in [3.05, 3.63) is 29.8 Å². The fraction of sp³-hybridized carbons (Fsp3) is 0.625. The molecule has 0 aromatic carbocycles. The molecule has 3 heterocycles. The molecule has 5 rings (SSSR count). The monoisotopic (exact) mass is 490 g/mol. The van der Waals surface area contributed by atoms with Crippen molar-refractivity contribution in [2.24, 2.45) is 11.8 Å². The highest BCUT2D eigenvalue weighted by Gasteiger charge is 2.55.